The molecule has 0 fully saturated rings. The number of hydrogen-bond acceptors (Lipinski definition) is 7. The van der Waals surface area contributed by atoms with E-state index in [-0.39, 0.29) is 30.3 Å². The van der Waals surface area contributed by atoms with E-state index in [2.05, 4.69) is 4.99 Å². The topological polar surface area (TPSA) is 82.0 Å². The summed E-state index contributed by atoms with van der Waals surface area (Å²) in [6, 6.07) is 7.47. The Morgan fingerprint density at radius 1 is 1.03 bits per heavy atom. The predicted molar refractivity (Wildman–Crippen MR) is 123 cm³/mol. The average molecular weight is 444 g/mol. The molecule has 0 atom stereocenters. The van der Waals surface area contributed by atoms with Crippen molar-refractivity contribution in [3.63, 3.8) is 0 Å². The number of esters is 2. The van der Waals surface area contributed by atoms with E-state index in [9.17, 15) is 14.4 Å². The van der Waals surface area contributed by atoms with Crippen LogP contribution in [0.4, 0.5) is 5.00 Å². The summed E-state index contributed by atoms with van der Waals surface area (Å²) in [7, 11) is 0. The predicted octanol–water partition coefficient (Wildman–Crippen LogP) is 5.45. The van der Waals surface area contributed by atoms with Crippen molar-refractivity contribution in [1.82, 2.24) is 0 Å². The highest BCUT2D eigenvalue weighted by atomic mass is 32.1. The first kappa shape index (κ1) is 24.5. The SMILES string of the molecule is CCOC(=O)c1c(/N=C/c2ccc(C(C)(C)C=O)cc2)sc(C(C)C)c1C(=O)OCC. The number of aldehydes is 1. The lowest BCUT2D eigenvalue weighted by Crippen LogP contribution is -2.18. The lowest BCUT2D eigenvalue weighted by atomic mass is 9.86. The minimum Gasteiger partial charge on any atom is -0.462 e. The van der Waals surface area contributed by atoms with E-state index in [4.69, 9.17) is 9.47 Å². The van der Waals surface area contributed by atoms with Gasteiger partial charge < -0.3 is 14.3 Å². The zero-order valence-corrected chi connectivity index (χ0v) is 19.7. The minimum absolute atomic E-state index is 0.00592. The Bertz CT molecular complexity index is 971. The van der Waals surface area contributed by atoms with Gasteiger partial charge >= 0.3 is 11.9 Å². The molecule has 0 spiro atoms. The van der Waals surface area contributed by atoms with Gasteiger partial charge in [0.05, 0.1) is 18.8 Å². The van der Waals surface area contributed by atoms with Gasteiger partial charge in [0, 0.05) is 16.5 Å². The number of thiophene rings is 1. The Kier molecular flexibility index (Phi) is 8.28. The van der Waals surface area contributed by atoms with E-state index in [0.717, 1.165) is 22.3 Å². The second-order valence-electron chi connectivity index (χ2n) is 7.84. The summed E-state index contributed by atoms with van der Waals surface area (Å²) in [5, 5.41) is 0.405. The zero-order chi connectivity index (χ0) is 23.2. The van der Waals surface area contributed by atoms with E-state index in [1.165, 1.54) is 11.3 Å². The van der Waals surface area contributed by atoms with E-state index in [1.54, 1.807) is 20.1 Å². The molecule has 0 amide bonds. The monoisotopic (exact) mass is 443 g/mol. The van der Waals surface area contributed by atoms with Crippen LogP contribution in [-0.4, -0.2) is 37.7 Å². The molecule has 1 heterocycles. The Morgan fingerprint density at radius 3 is 2.06 bits per heavy atom. The van der Waals surface area contributed by atoms with E-state index >= 15 is 0 Å². The highest BCUT2D eigenvalue weighted by Gasteiger charge is 2.31. The van der Waals surface area contributed by atoms with E-state index < -0.39 is 17.4 Å². The molecule has 2 rings (SSSR count). The maximum absolute atomic E-state index is 12.7. The van der Waals surface area contributed by atoms with Crippen LogP contribution in [0.15, 0.2) is 29.3 Å². The molecular weight excluding hydrogens is 414 g/mol. The van der Waals surface area contributed by atoms with Crippen molar-refractivity contribution in [2.75, 3.05) is 13.2 Å². The van der Waals surface area contributed by atoms with E-state index in [1.807, 2.05) is 52.0 Å². The number of carbonyl (C=O) groups is 3. The first-order valence-electron chi connectivity index (χ1n) is 10.3. The van der Waals surface area contributed by atoms with Gasteiger partial charge in [-0.15, -0.1) is 11.3 Å². The first-order valence-corrected chi connectivity index (χ1v) is 11.1. The summed E-state index contributed by atoms with van der Waals surface area (Å²) in [6.07, 6.45) is 2.54. The van der Waals surface area contributed by atoms with Crippen molar-refractivity contribution in [2.24, 2.45) is 4.99 Å². The normalized spacial score (nSPS) is 11.7. The molecule has 0 aliphatic carbocycles. The zero-order valence-electron chi connectivity index (χ0n) is 18.9. The van der Waals surface area contributed by atoms with Gasteiger partial charge in [-0.3, -0.25) is 0 Å². The van der Waals surface area contributed by atoms with Gasteiger partial charge in [-0.2, -0.15) is 0 Å². The van der Waals surface area contributed by atoms with E-state index in [0.29, 0.717) is 5.00 Å². The average Bonchev–Trinajstić information content (AvgIpc) is 3.13. The second kappa shape index (κ2) is 10.5. The fourth-order valence-electron chi connectivity index (χ4n) is 2.93. The van der Waals surface area contributed by atoms with Gasteiger partial charge in [-0.05, 0) is 44.7 Å². The van der Waals surface area contributed by atoms with Crippen molar-refractivity contribution in [1.29, 1.82) is 0 Å². The molecule has 0 aliphatic heterocycles. The molecule has 166 valence electrons. The summed E-state index contributed by atoms with van der Waals surface area (Å²) in [6.45, 7) is 11.4. The molecular formula is C24H29NO5S. The van der Waals surface area contributed by atoms with Gasteiger partial charge in [-0.25, -0.2) is 14.6 Å². The lowest BCUT2D eigenvalue weighted by Gasteiger charge is -2.17. The van der Waals surface area contributed by atoms with Crippen LogP contribution in [0.3, 0.4) is 0 Å². The molecule has 31 heavy (non-hydrogen) atoms. The lowest BCUT2D eigenvalue weighted by molar-refractivity contribution is -0.111. The molecule has 1 aromatic heterocycles. The number of carbonyl (C=O) groups excluding carboxylic acids is 3. The number of rotatable bonds is 9. The molecule has 0 N–H and O–H groups in total. The van der Waals surface area contributed by atoms with Crippen LogP contribution in [0.5, 0.6) is 0 Å². The molecule has 0 aliphatic rings. The molecule has 6 nitrogen and oxygen atoms in total. The Balaban J connectivity index is 2.52. The summed E-state index contributed by atoms with van der Waals surface area (Å²) in [4.78, 5) is 41.9. The highest BCUT2D eigenvalue weighted by molar-refractivity contribution is 7.16. The van der Waals surface area contributed by atoms with Crippen LogP contribution in [-0.2, 0) is 19.7 Å². The molecule has 0 bridgehead atoms. The van der Waals surface area contributed by atoms with Gasteiger partial charge in [-0.1, -0.05) is 38.1 Å². The Labute approximate surface area is 187 Å². The smallest absolute Gasteiger partial charge is 0.342 e. The largest absolute Gasteiger partial charge is 0.462 e. The van der Waals surface area contributed by atoms with Crippen molar-refractivity contribution >= 4 is 40.8 Å². The molecule has 0 unspecified atom stereocenters. The number of aliphatic imine (C=N–C) groups is 1. The third-order valence-electron chi connectivity index (χ3n) is 4.68. The van der Waals surface area contributed by atoms with Gasteiger partial charge in [0.15, 0.2) is 0 Å². The van der Waals surface area contributed by atoms with Crippen LogP contribution in [0.1, 0.15) is 84.2 Å². The molecule has 0 saturated carbocycles. The third kappa shape index (κ3) is 5.67. The summed E-state index contributed by atoms with van der Waals surface area (Å²) < 4.78 is 10.4. The highest BCUT2D eigenvalue weighted by Crippen LogP contribution is 2.40. The quantitative estimate of drug-likeness (QED) is 0.292. The Hall–Kier alpha value is -2.80. The number of nitrogens with zero attached hydrogens (tertiary/aromatic N) is 1. The molecule has 1 aromatic carbocycles. The first-order chi connectivity index (χ1) is 14.7. The minimum atomic E-state index is -0.594. The molecule has 7 heteroatoms. The summed E-state index contributed by atoms with van der Waals surface area (Å²) in [5.41, 5.74) is 1.51. The molecule has 0 radical (unpaired) electrons. The Morgan fingerprint density at radius 2 is 1.58 bits per heavy atom. The fourth-order valence-corrected chi connectivity index (χ4v) is 4.06. The third-order valence-corrected chi connectivity index (χ3v) is 6.08. The number of benzene rings is 1. The standard InChI is InChI=1S/C24H29NO5S/c1-7-29-22(27)18-19(23(28)30-8-2)21(31-20(18)15(3)4)25-13-16-9-11-17(12-10-16)24(5,6)14-26/h9-15H,7-8H2,1-6H3/b25-13+. The van der Waals surface area contributed by atoms with Crippen LogP contribution in [0, 0.1) is 0 Å². The molecule has 0 saturated heterocycles. The maximum Gasteiger partial charge on any atom is 0.342 e. The van der Waals surface area contributed by atoms with Crippen LogP contribution in [0.25, 0.3) is 0 Å². The van der Waals surface area contributed by atoms with Crippen molar-refractivity contribution in [2.45, 2.75) is 52.9 Å². The van der Waals surface area contributed by atoms with Crippen LogP contribution in [0.2, 0.25) is 0 Å². The summed E-state index contributed by atoms with van der Waals surface area (Å²) >= 11 is 1.29. The molecule has 2 aromatic rings. The summed E-state index contributed by atoms with van der Waals surface area (Å²) in [5.74, 6) is -1.14. The van der Waals surface area contributed by atoms with Crippen molar-refractivity contribution in [3.8, 4) is 0 Å². The van der Waals surface area contributed by atoms with Crippen molar-refractivity contribution < 1.29 is 23.9 Å². The van der Waals surface area contributed by atoms with Crippen LogP contribution >= 0.6 is 11.3 Å². The van der Waals surface area contributed by atoms with Crippen LogP contribution < -0.4 is 0 Å². The van der Waals surface area contributed by atoms with Crippen molar-refractivity contribution in [3.05, 3.63) is 51.4 Å². The fraction of sp³-hybridized carbons (Fsp3) is 0.417. The number of ether oxygens (including phenoxy) is 2. The second-order valence-corrected chi connectivity index (χ2v) is 8.87. The van der Waals surface area contributed by atoms with Gasteiger partial charge in [0.25, 0.3) is 0 Å². The maximum atomic E-state index is 12.7. The van der Waals surface area contributed by atoms with Gasteiger partial charge in [0.2, 0.25) is 0 Å². The number of hydrogen-bond donors (Lipinski definition) is 0. The van der Waals surface area contributed by atoms with Gasteiger partial charge in [0.1, 0.15) is 16.9 Å².